The molecule has 3 N–H and O–H groups in total. The predicted molar refractivity (Wildman–Crippen MR) is 118 cm³/mol. The summed E-state index contributed by atoms with van der Waals surface area (Å²) in [5.74, 6) is 0.708. The van der Waals surface area contributed by atoms with Crippen molar-refractivity contribution in [3.05, 3.63) is 54.1 Å². The standard InChI is InChI=1S/C23H30N4O3/c1-23(16-25-19-5-3-2-4-6-19)17-30-21-8-7-18(15-20(21)26-23)22(28)24-9-10-27-11-13-29-14-12-27/h2-8,15,25-26H,9-14,16-17H2,1H3,(H,24,28). The Kier molecular flexibility index (Phi) is 6.40. The third kappa shape index (κ3) is 5.23. The van der Waals surface area contributed by atoms with E-state index in [0.29, 0.717) is 25.3 Å². The molecule has 1 unspecified atom stereocenters. The molecule has 2 aliphatic heterocycles. The normalized spacial score (nSPS) is 21.1. The van der Waals surface area contributed by atoms with E-state index in [1.807, 2.05) is 48.5 Å². The second kappa shape index (κ2) is 9.36. The molecular formula is C23H30N4O3. The lowest BCUT2D eigenvalue weighted by Crippen LogP contribution is -2.49. The number of nitrogens with zero attached hydrogens (tertiary/aromatic N) is 1. The number of amides is 1. The van der Waals surface area contributed by atoms with Gasteiger partial charge in [0.15, 0.2) is 0 Å². The molecule has 1 amide bonds. The molecule has 0 radical (unpaired) electrons. The number of ether oxygens (including phenoxy) is 2. The fourth-order valence-corrected chi connectivity index (χ4v) is 3.70. The van der Waals surface area contributed by atoms with Gasteiger partial charge in [-0.25, -0.2) is 0 Å². The number of benzene rings is 2. The molecule has 1 fully saturated rings. The van der Waals surface area contributed by atoms with Gasteiger partial charge in [0.1, 0.15) is 12.4 Å². The monoisotopic (exact) mass is 410 g/mol. The average molecular weight is 411 g/mol. The van der Waals surface area contributed by atoms with Crippen LogP contribution in [0.2, 0.25) is 0 Å². The first-order valence-corrected chi connectivity index (χ1v) is 10.5. The number of hydrogen-bond acceptors (Lipinski definition) is 6. The molecule has 2 heterocycles. The molecule has 2 aromatic carbocycles. The van der Waals surface area contributed by atoms with Crippen LogP contribution < -0.4 is 20.7 Å². The minimum atomic E-state index is -0.283. The largest absolute Gasteiger partial charge is 0.489 e. The molecule has 1 atom stereocenters. The Bertz CT molecular complexity index is 855. The van der Waals surface area contributed by atoms with Crippen LogP contribution in [0.4, 0.5) is 11.4 Å². The number of carbonyl (C=O) groups excluding carboxylic acids is 1. The summed E-state index contributed by atoms with van der Waals surface area (Å²) in [5, 5.41) is 10.0. The first-order chi connectivity index (χ1) is 14.6. The number of para-hydroxylation sites is 1. The maximum absolute atomic E-state index is 12.6. The van der Waals surface area contributed by atoms with Crippen molar-refractivity contribution < 1.29 is 14.3 Å². The lowest BCUT2D eigenvalue weighted by molar-refractivity contribution is 0.0383. The SMILES string of the molecule is CC1(CNc2ccccc2)COc2ccc(C(=O)NCCN3CCOCC3)cc2N1. The van der Waals surface area contributed by atoms with E-state index < -0.39 is 0 Å². The second-order valence-corrected chi connectivity index (χ2v) is 8.11. The zero-order valence-electron chi connectivity index (χ0n) is 17.4. The van der Waals surface area contributed by atoms with Crippen molar-refractivity contribution in [3.8, 4) is 5.75 Å². The Hall–Kier alpha value is -2.77. The minimum absolute atomic E-state index is 0.0671. The van der Waals surface area contributed by atoms with Gasteiger partial charge < -0.3 is 25.4 Å². The van der Waals surface area contributed by atoms with Gasteiger partial charge in [0.05, 0.1) is 24.4 Å². The van der Waals surface area contributed by atoms with E-state index in [1.165, 1.54) is 0 Å². The van der Waals surface area contributed by atoms with Crippen molar-refractivity contribution in [3.63, 3.8) is 0 Å². The quantitative estimate of drug-likeness (QED) is 0.651. The van der Waals surface area contributed by atoms with Crippen LogP contribution in [-0.2, 0) is 4.74 Å². The van der Waals surface area contributed by atoms with Gasteiger partial charge in [0.2, 0.25) is 0 Å². The molecule has 7 nitrogen and oxygen atoms in total. The number of anilines is 2. The maximum atomic E-state index is 12.6. The summed E-state index contributed by atoms with van der Waals surface area (Å²) in [4.78, 5) is 14.9. The van der Waals surface area contributed by atoms with Gasteiger partial charge >= 0.3 is 0 Å². The van der Waals surface area contributed by atoms with E-state index >= 15 is 0 Å². The summed E-state index contributed by atoms with van der Waals surface area (Å²) in [6.07, 6.45) is 0. The van der Waals surface area contributed by atoms with E-state index in [-0.39, 0.29) is 11.4 Å². The fourth-order valence-electron chi connectivity index (χ4n) is 3.70. The van der Waals surface area contributed by atoms with Crippen LogP contribution in [0.5, 0.6) is 5.75 Å². The zero-order valence-corrected chi connectivity index (χ0v) is 17.4. The summed E-state index contributed by atoms with van der Waals surface area (Å²) in [7, 11) is 0. The van der Waals surface area contributed by atoms with Gasteiger partial charge in [-0.2, -0.15) is 0 Å². The number of nitrogens with one attached hydrogen (secondary N) is 3. The molecule has 0 aromatic heterocycles. The lowest BCUT2D eigenvalue weighted by Gasteiger charge is -2.37. The van der Waals surface area contributed by atoms with Crippen molar-refractivity contribution in [1.29, 1.82) is 0 Å². The Morgan fingerprint density at radius 1 is 1.17 bits per heavy atom. The predicted octanol–water partition coefficient (Wildman–Crippen LogP) is 2.42. The van der Waals surface area contributed by atoms with Gasteiger partial charge in [-0.05, 0) is 37.3 Å². The minimum Gasteiger partial charge on any atom is -0.489 e. The number of carbonyl (C=O) groups is 1. The zero-order chi connectivity index (χ0) is 20.8. The summed E-state index contributed by atoms with van der Waals surface area (Å²) in [6, 6.07) is 15.7. The number of hydrogen-bond donors (Lipinski definition) is 3. The van der Waals surface area contributed by atoms with E-state index in [1.54, 1.807) is 0 Å². The highest BCUT2D eigenvalue weighted by atomic mass is 16.5. The van der Waals surface area contributed by atoms with Crippen LogP contribution in [0.15, 0.2) is 48.5 Å². The molecule has 0 aliphatic carbocycles. The van der Waals surface area contributed by atoms with Crippen LogP contribution in [0.25, 0.3) is 0 Å². The summed E-state index contributed by atoms with van der Waals surface area (Å²) in [6.45, 7) is 8.20. The van der Waals surface area contributed by atoms with Crippen molar-refractivity contribution in [1.82, 2.24) is 10.2 Å². The number of fused-ring (bicyclic) bond motifs is 1. The molecule has 30 heavy (non-hydrogen) atoms. The van der Waals surface area contributed by atoms with Gasteiger partial charge in [0, 0.05) is 44.0 Å². The first kappa shape index (κ1) is 20.5. The molecule has 160 valence electrons. The Balaban J connectivity index is 1.33. The molecule has 0 bridgehead atoms. The molecule has 4 rings (SSSR count). The van der Waals surface area contributed by atoms with E-state index in [9.17, 15) is 4.79 Å². The first-order valence-electron chi connectivity index (χ1n) is 10.5. The highest BCUT2D eigenvalue weighted by molar-refractivity contribution is 5.95. The fraction of sp³-hybridized carbons (Fsp3) is 0.435. The molecule has 2 aromatic rings. The highest BCUT2D eigenvalue weighted by Gasteiger charge is 2.31. The van der Waals surface area contributed by atoms with Crippen molar-refractivity contribution in [2.24, 2.45) is 0 Å². The number of morpholine rings is 1. The van der Waals surface area contributed by atoms with Crippen molar-refractivity contribution in [2.75, 3.05) is 63.2 Å². The molecule has 2 aliphatic rings. The molecular weight excluding hydrogens is 380 g/mol. The van der Waals surface area contributed by atoms with Crippen molar-refractivity contribution in [2.45, 2.75) is 12.5 Å². The average Bonchev–Trinajstić information content (AvgIpc) is 2.78. The van der Waals surface area contributed by atoms with E-state index in [2.05, 4.69) is 27.8 Å². The van der Waals surface area contributed by atoms with Crippen molar-refractivity contribution >= 4 is 17.3 Å². The Labute approximate surface area is 177 Å². The van der Waals surface area contributed by atoms with Gasteiger partial charge in [-0.3, -0.25) is 9.69 Å². The molecule has 0 saturated carbocycles. The topological polar surface area (TPSA) is 74.9 Å². The van der Waals surface area contributed by atoms with E-state index in [0.717, 1.165) is 50.0 Å². The van der Waals surface area contributed by atoms with Crippen LogP contribution in [-0.4, -0.2) is 68.9 Å². The van der Waals surface area contributed by atoms with Crippen LogP contribution in [0, 0.1) is 0 Å². The van der Waals surface area contributed by atoms with Gasteiger partial charge in [-0.15, -0.1) is 0 Å². The molecule has 7 heteroatoms. The van der Waals surface area contributed by atoms with Crippen LogP contribution in [0.3, 0.4) is 0 Å². The van der Waals surface area contributed by atoms with Crippen LogP contribution in [0.1, 0.15) is 17.3 Å². The summed E-state index contributed by atoms with van der Waals surface area (Å²) >= 11 is 0. The lowest BCUT2D eigenvalue weighted by atomic mass is 10.00. The highest BCUT2D eigenvalue weighted by Crippen LogP contribution is 2.33. The number of rotatable bonds is 7. The Morgan fingerprint density at radius 3 is 2.77 bits per heavy atom. The molecule has 0 spiro atoms. The second-order valence-electron chi connectivity index (χ2n) is 8.11. The third-order valence-electron chi connectivity index (χ3n) is 5.50. The third-order valence-corrected chi connectivity index (χ3v) is 5.50. The summed E-state index contributed by atoms with van der Waals surface area (Å²) < 4.78 is 11.3. The van der Waals surface area contributed by atoms with Gasteiger partial charge in [-0.1, -0.05) is 18.2 Å². The van der Waals surface area contributed by atoms with Gasteiger partial charge in [0.25, 0.3) is 5.91 Å². The Morgan fingerprint density at radius 2 is 1.97 bits per heavy atom. The molecule has 1 saturated heterocycles. The maximum Gasteiger partial charge on any atom is 0.251 e. The van der Waals surface area contributed by atoms with E-state index in [4.69, 9.17) is 9.47 Å². The van der Waals surface area contributed by atoms with Crippen LogP contribution >= 0.6 is 0 Å². The summed E-state index contributed by atoms with van der Waals surface area (Å²) in [5.41, 5.74) is 2.26. The smallest absolute Gasteiger partial charge is 0.251 e.